The number of fused-ring (bicyclic) bond motifs is 2. The van der Waals surface area contributed by atoms with E-state index in [2.05, 4.69) is 17.0 Å². The molecule has 4 rings (SSSR count). The minimum Gasteiger partial charge on any atom is -0.497 e. The minimum absolute atomic E-state index is 0.474. The molecule has 0 aliphatic carbocycles. The molecule has 1 fully saturated rings. The number of likely N-dealkylation sites (tertiary alicyclic amines) is 1. The molecule has 0 saturated carbocycles. The fourth-order valence-electron chi connectivity index (χ4n) is 4.56. The van der Waals surface area contributed by atoms with Gasteiger partial charge in [-0.1, -0.05) is 11.6 Å². The first kappa shape index (κ1) is 22.2. The Kier molecular flexibility index (Phi) is 6.15. The largest absolute Gasteiger partial charge is 0.497 e. The van der Waals surface area contributed by atoms with Crippen LogP contribution < -0.4 is 14.2 Å². The quantitative estimate of drug-likeness (QED) is 0.737. The van der Waals surface area contributed by atoms with Gasteiger partial charge in [0.1, 0.15) is 23.9 Å². The number of ether oxygens (including phenoxy) is 3. The van der Waals surface area contributed by atoms with Crippen molar-refractivity contribution in [3.8, 4) is 17.2 Å². The summed E-state index contributed by atoms with van der Waals surface area (Å²) < 4.78 is 17.1. The second-order valence-corrected chi connectivity index (χ2v) is 9.12. The Morgan fingerprint density at radius 3 is 2.34 bits per heavy atom. The highest BCUT2D eigenvalue weighted by molar-refractivity contribution is 5.88. The van der Waals surface area contributed by atoms with Crippen LogP contribution in [0.5, 0.6) is 17.2 Å². The van der Waals surface area contributed by atoms with Gasteiger partial charge >= 0.3 is 5.97 Å². The Hall–Kier alpha value is -2.99. The molecule has 2 aromatic rings. The van der Waals surface area contributed by atoms with E-state index in [9.17, 15) is 9.90 Å². The highest BCUT2D eigenvalue weighted by atomic mass is 16.5. The summed E-state index contributed by atoms with van der Waals surface area (Å²) in [5.41, 5.74) is 5.10. The summed E-state index contributed by atoms with van der Waals surface area (Å²) in [5, 5.41) is 9.50. The van der Waals surface area contributed by atoms with E-state index < -0.39 is 11.4 Å². The molecule has 6 heteroatoms. The Morgan fingerprint density at radius 1 is 1.03 bits per heavy atom. The van der Waals surface area contributed by atoms with Gasteiger partial charge in [-0.2, -0.15) is 0 Å². The number of benzene rings is 2. The van der Waals surface area contributed by atoms with Gasteiger partial charge in [-0.15, -0.1) is 0 Å². The molecule has 2 aliphatic heterocycles. The Bertz CT molecular complexity index is 1050. The molecule has 0 atom stereocenters. The standard InChI is InChI=1S/C26H31NO5/c1-26(2,25(28)29)16-27-11-9-17(10-12-27)24-21-7-5-19(30-3)13-18(21)15-32-23-8-6-20(31-4)14-22(23)24/h5-8,13-14H,9-12,15-16H2,1-4H3,(H,28,29). The van der Waals surface area contributed by atoms with Crippen molar-refractivity contribution >= 4 is 11.5 Å². The number of carbonyl (C=O) groups is 1. The number of carboxylic acids is 1. The van der Waals surface area contributed by atoms with E-state index in [1.807, 2.05) is 24.3 Å². The average molecular weight is 438 g/mol. The van der Waals surface area contributed by atoms with Gasteiger partial charge in [0.05, 0.1) is 19.6 Å². The number of aliphatic carboxylic acids is 1. The Labute approximate surface area is 189 Å². The van der Waals surface area contributed by atoms with Crippen LogP contribution in [0.2, 0.25) is 0 Å². The maximum absolute atomic E-state index is 11.6. The van der Waals surface area contributed by atoms with Crippen molar-refractivity contribution < 1.29 is 24.1 Å². The van der Waals surface area contributed by atoms with Crippen LogP contribution in [-0.4, -0.2) is 49.8 Å². The molecule has 0 spiro atoms. The lowest BCUT2D eigenvalue weighted by molar-refractivity contribution is -0.148. The highest BCUT2D eigenvalue weighted by Gasteiger charge is 2.32. The average Bonchev–Trinajstić information content (AvgIpc) is 2.95. The third-order valence-corrected chi connectivity index (χ3v) is 6.43. The van der Waals surface area contributed by atoms with Crippen LogP contribution in [0.25, 0.3) is 5.57 Å². The predicted octanol–water partition coefficient (Wildman–Crippen LogP) is 4.60. The number of carboxylic acid groups (broad SMARTS) is 1. The summed E-state index contributed by atoms with van der Waals surface area (Å²) >= 11 is 0. The molecule has 32 heavy (non-hydrogen) atoms. The van der Waals surface area contributed by atoms with Crippen molar-refractivity contribution in [1.82, 2.24) is 4.90 Å². The minimum atomic E-state index is -0.760. The molecule has 170 valence electrons. The molecule has 0 unspecified atom stereocenters. The maximum Gasteiger partial charge on any atom is 0.310 e. The molecule has 0 bridgehead atoms. The molecule has 6 nitrogen and oxygen atoms in total. The molecule has 0 radical (unpaired) electrons. The van der Waals surface area contributed by atoms with Gasteiger partial charge < -0.3 is 24.2 Å². The highest BCUT2D eigenvalue weighted by Crippen LogP contribution is 2.43. The SMILES string of the molecule is COc1ccc2c(c1)COc1ccc(OC)cc1C2=C1CCN(CC(C)(C)C(=O)O)CC1. The van der Waals surface area contributed by atoms with Gasteiger partial charge in [-0.3, -0.25) is 4.79 Å². The van der Waals surface area contributed by atoms with Crippen molar-refractivity contribution in [3.63, 3.8) is 0 Å². The summed E-state index contributed by atoms with van der Waals surface area (Å²) in [6, 6.07) is 12.1. The van der Waals surface area contributed by atoms with Crippen LogP contribution in [-0.2, 0) is 11.4 Å². The zero-order chi connectivity index (χ0) is 22.9. The van der Waals surface area contributed by atoms with Gasteiger partial charge in [0.15, 0.2) is 0 Å². The van der Waals surface area contributed by atoms with Gasteiger partial charge in [0, 0.05) is 30.8 Å². The summed E-state index contributed by atoms with van der Waals surface area (Å²) in [6.07, 6.45) is 1.76. The van der Waals surface area contributed by atoms with Crippen LogP contribution >= 0.6 is 0 Å². The topological polar surface area (TPSA) is 68.2 Å². The predicted molar refractivity (Wildman–Crippen MR) is 123 cm³/mol. The van der Waals surface area contributed by atoms with E-state index in [1.54, 1.807) is 28.1 Å². The zero-order valence-corrected chi connectivity index (χ0v) is 19.2. The van der Waals surface area contributed by atoms with Crippen LogP contribution in [0.4, 0.5) is 0 Å². The summed E-state index contributed by atoms with van der Waals surface area (Å²) in [5.74, 6) is 1.69. The van der Waals surface area contributed by atoms with Gasteiger partial charge in [0.25, 0.3) is 0 Å². The number of piperidine rings is 1. The van der Waals surface area contributed by atoms with Crippen molar-refractivity contribution in [1.29, 1.82) is 0 Å². The number of hydrogen-bond acceptors (Lipinski definition) is 5. The lowest BCUT2D eigenvalue weighted by Gasteiger charge is -2.34. The summed E-state index contributed by atoms with van der Waals surface area (Å²) in [4.78, 5) is 13.8. The van der Waals surface area contributed by atoms with Crippen LogP contribution in [0.3, 0.4) is 0 Å². The third-order valence-electron chi connectivity index (χ3n) is 6.43. The monoisotopic (exact) mass is 437 g/mol. The van der Waals surface area contributed by atoms with E-state index >= 15 is 0 Å². The Morgan fingerprint density at radius 2 is 1.69 bits per heavy atom. The second-order valence-electron chi connectivity index (χ2n) is 9.12. The molecule has 2 aromatic carbocycles. The van der Waals surface area contributed by atoms with Crippen molar-refractivity contribution in [2.45, 2.75) is 33.3 Å². The summed E-state index contributed by atoms with van der Waals surface area (Å²) in [7, 11) is 3.35. The fraction of sp³-hybridized carbons (Fsp3) is 0.423. The zero-order valence-electron chi connectivity index (χ0n) is 19.2. The normalized spacial score (nSPS) is 16.5. The lowest BCUT2D eigenvalue weighted by atomic mass is 9.85. The first-order chi connectivity index (χ1) is 15.3. The third kappa shape index (κ3) is 4.32. The number of hydrogen-bond donors (Lipinski definition) is 1. The van der Waals surface area contributed by atoms with Crippen molar-refractivity contribution in [3.05, 3.63) is 58.7 Å². The molecular formula is C26H31NO5. The Balaban J connectivity index is 1.74. The summed E-state index contributed by atoms with van der Waals surface area (Å²) in [6.45, 7) is 6.27. The van der Waals surface area contributed by atoms with Crippen molar-refractivity contribution in [2.24, 2.45) is 5.41 Å². The van der Waals surface area contributed by atoms with Crippen LogP contribution in [0.15, 0.2) is 42.0 Å². The first-order valence-electron chi connectivity index (χ1n) is 11.0. The number of methoxy groups -OCH3 is 2. The fourth-order valence-corrected chi connectivity index (χ4v) is 4.56. The van der Waals surface area contributed by atoms with Crippen LogP contribution in [0.1, 0.15) is 43.4 Å². The molecular weight excluding hydrogens is 406 g/mol. The van der Waals surface area contributed by atoms with E-state index in [0.717, 1.165) is 59.9 Å². The maximum atomic E-state index is 11.6. The molecule has 1 saturated heterocycles. The molecule has 0 aromatic heterocycles. The van der Waals surface area contributed by atoms with Crippen LogP contribution in [0, 0.1) is 5.41 Å². The van der Waals surface area contributed by atoms with Gasteiger partial charge in [-0.05, 0) is 68.2 Å². The lowest BCUT2D eigenvalue weighted by Crippen LogP contribution is -2.42. The van der Waals surface area contributed by atoms with Crippen molar-refractivity contribution in [2.75, 3.05) is 33.9 Å². The van der Waals surface area contributed by atoms with E-state index in [1.165, 1.54) is 11.1 Å². The smallest absolute Gasteiger partial charge is 0.310 e. The molecule has 2 aliphatic rings. The van der Waals surface area contributed by atoms with Gasteiger partial charge in [0.2, 0.25) is 0 Å². The second kappa shape index (κ2) is 8.87. The van der Waals surface area contributed by atoms with E-state index in [4.69, 9.17) is 14.2 Å². The first-order valence-corrected chi connectivity index (χ1v) is 11.0. The molecule has 0 amide bonds. The number of nitrogens with zero attached hydrogens (tertiary/aromatic N) is 1. The molecule has 2 heterocycles. The van der Waals surface area contributed by atoms with E-state index in [0.29, 0.717) is 13.2 Å². The number of rotatable bonds is 5. The molecule has 1 N–H and O–H groups in total. The van der Waals surface area contributed by atoms with Gasteiger partial charge in [-0.25, -0.2) is 0 Å². The van der Waals surface area contributed by atoms with E-state index in [-0.39, 0.29) is 0 Å².